The third kappa shape index (κ3) is 3.60. The Morgan fingerprint density at radius 3 is 1.96 bits per heavy atom. The zero-order valence-corrected chi connectivity index (χ0v) is 14.5. The maximum atomic E-state index is 12.5. The summed E-state index contributed by atoms with van der Waals surface area (Å²) in [6.45, 7) is 0. The second-order valence-electron chi connectivity index (χ2n) is 5.09. The molecule has 0 aliphatic carbocycles. The molecule has 0 atom stereocenters. The minimum Gasteiger partial charge on any atom is -0.267 e. The molecule has 3 aromatic rings. The lowest BCUT2D eigenvalue weighted by molar-refractivity contribution is 0.0987. The molecule has 0 saturated carbocycles. The van der Waals surface area contributed by atoms with Crippen molar-refractivity contribution in [2.24, 2.45) is 5.84 Å². The Morgan fingerprint density at radius 1 is 0.783 bits per heavy atom. The number of anilines is 1. The van der Waals surface area contributed by atoms with Gasteiger partial charge in [0.15, 0.2) is 0 Å². The largest absolute Gasteiger partial charge is 0.272 e. The molecule has 0 saturated heterocycles. The van der Waals surface area contributed by atoms with E-state index in [1.165, 1.54) is 5.01 Å². The second kappa shape index (κ2) is 6.93. The van der Waals surface area contributed by atoms with Crippen LogP contribution in [0.25, 0.3) is 11.1 Å². The van der Waals surface area contributed by atoms with Crippen LogP contribution in [-0.2, 0) is 0 Å². The van der Waals surface area contributed by atoms with Crippen LogP contribution in [0.15, 0.2) is 78.9 Å². The van der Waals surface area contributed by atoms with Crippen molar-refractivity contribution in [1.29, 1.82) is 0 Å². The molecule has 0 aliphatic rings. The number of amides is 1. The Morgan fingerprint density at radius 2 is 1.35 bits per heavy atom. The molecule has 0 bridgehead atoms. The van der Waals surface area contributed by atoms with Crippen molar-refractivity contribution >= 4 is 34.2 Å². The first-order chi connectivity index (χ1) is 11.1. The van der Waals surface area contributed by atoms with E-state index in [4.69, 9.17) is 5.84 Å². The lowest BCUT2D eigenvalue weighted by Gasteiger charge is -2.17. The first kappa shape index (κ1) is 15.7. The van der Waals surface area contributed by atoms with Crippen molar-refractivity contribution < 1.29 is 4.79 Å². The summed E-state index contributed by atoms with van der Waals surface area (Å²) in [4.78, 5) is 12.5. The number of halogens is 1. The van der Waals surface area contributed by atoms with Gasteiger partial charge in [-0.3, -0.25) is 4.79 Å². The van der Waals surface area contributed by atoms with Crippen LogP contribution in [0.1, 0.15) is 10.4 Å². The second-order valence-corrected chi connectivity index (χ2v) is 6.34. The highest BCUT2D eigenvalue weighted by Crippen LogP contribution is 2.21. The molecule has 114 valence electrons. The summed E-state index contributed by atoms with van der Waals surface area (Å²) >= 11 is 2.21. The molecule has 0 aliphatic heterocycles. The van der Waals surface area contributed by atoms with E-state index in [0.717, 1.165) is 14.7 Å². The van der Waals surface area contributed by atoms with E-state index in [1.54, 1.807) is 12.1 Å². The Balaban J connectivity index is 1.81. The van der Waals surface area contributed by atoms with Gasteiger partial charge in [0.2, 0.25) is 0 Å². The normalized spacial score (nSPS) is 10.3. The van der Waals surface area contributed by atoms with E-state index in [0.29, 0.717) is 11.3 Å². The van der Waals surface area contributed by atoms with Crippen molar-refractivity contribution in [3.8, 4) is 11.1 Å². The Labute approximate surface area is 148 Å². The molecule has 2 N–H and O–H groups in total. The molecule has 23 heavy (non-hydrogen) atoms. The highest BCUT2D eigenvalue weighted by molar-refractivity contribution is 14.1. The standard InChI is InChI=1S/C19H15IN2O/c20-17-10-12-18(13-11-17)22(21)19(23)16-8-6-15(7-9-16)14-4-2-1-3-5-14/h1-13H,21H2. The molecule has 0 radical (unpaired) electrons. The van der Waals surface area contributed by atoms with Gasteiger partial charge >= 0.3 is 0 Å². The SMILES string of the molecule is NN(C(=O)c1ccc(-c2ccccc2)cc1)c1ccc(I)cc1. The minimum atomic E-state index is -0.231. The van der Waals surface area contributed by atoms with Crippen molar-refractivity contribution in [3.05, 3.63) is 88.0 Å². The lowest BCUT2D eigenvalue weighted by atomic mass is 10.0. The molecule has 0 fully saturated rings. The van der Waals surface area contributed by atoms with E-state index >= 15 is 0 Å². The summed E-state index contributed by atoms with van der Waals surface area (Å²) in [5.74, 6) is 5.72. The molecule has 0 aromatic heterocycles. The molecule has 3 aromatic carbocycles. The summed E-state index contributed by atoms with van der Waals surface area (Å²) in [7, 11) is 0. The molecule has 0 spiro atoms. The molecule has 0 heterocycles. The van der Waals surface area contributed by atoms with Gasteiger partial charge in [-0.15, -0.1) is 0 Å². The number of carbonyl (C=O) groups is 1. The van der Waals surface area contributed by atoms with Gasteiger partial charge in [0.25, 0.3) is 5.91 Å². The molecule has 3 nitrogen and oxygen atoms in total. The van der Waals surface area contributed by atoms with Gasteiger partial charge in [-0.2, -0.15) is 0 Å². The van der Waals surface area contributed by atoms with Gasteiger partial charge in [-0.1, -0.05) is 42.5 Å². The zero-order valence-electron chi connectivity index (χ0n) is 12.3. The molecule has 3 rings (SSSR count). The molecule has 0 unspecified atom stereocenters. The summed E-state index contributed by atoms with van der Waals surface area (Å²) < 4.78 is 1.10. The van der Waals surface area contributed by atoms with Gasteiger partial charge in [0.05, 0.1) is 5.69 Å². The van der Waals surface area contributed by atoms with Crippen molar-refractivity contribution in [3.63, 3.8) is 0 Å². The van der Waals surface area contributed by atoms with Crippen LogP contribution in [0.3, 0.4) is 0 Å². The fourth-order valence-corrected chi connectivity index (χ4v) is 2.65. The van der Waals surface area contributed by atoms with Crippen molar-refractivity contribution in [1.82, 2.24) is 0 Å². The maximum absolute atomic E-state index is 12.5. The summed E-state index contributed by atoms with van der Waals surface area (Å²) in [5.41, 5.74) is 3.42. The Kier molecular flexibility index (Phi) is 4.73. The van der Waals surface area contributed by atoms with Gasteiger partial charge in [0, 0.05) is 9.13 Å². The van der Waals surface area contributed by atoms with E-state index in [2.05, 4.69) is 22.6 Å². The number of nitrogens with zero attached hydrogens (tertiary/aromatic N) is 1. The topological polar surface area (TPSA) is 46.3 Å². The minimum absolute atomic E-state index is 0.231. The van der Waals surface area contributed by atoms with Crippen LogP contribution < -0.4 is 10.9 Å². The number of nitrogens with two attached hydrogens (primary N) is 1. The number of rotatable bonds is 3. The van der Waals surface area contributed by atoms with Crippen LogP contribution in [0.5, 0.6) is 0 Å². The van der Waals surface area contributed by atoms with Crippen molar-refractivity contribution in [2.75, 3.05) is 5.01 Å². The first-order valence-corrected chi connectivity index (χ1v) is 8.23. The zero-order chi connectivity index (χ0) is 16.2. The summed E-state index contributed by atoms with van der Waals surface area (Å²) in [6.07, 6.45) is 0. The smallest absolute Gasteiger partial charge is 0.267 e. The third-order valence-corrected chi connectivity index (χ3v) is 4.28. The molecular formula is C19H15IN2O. The molecule has 4 heteroatoms. The van der Waals surface area contributed by atoms with Gasteiger partial charge in [-0.25, -0.2) is 10.9 Å². The monoisotopic (exact) mass is 414 g/mol. The van der Waals surface area contributed by atoms with E-state index in [1.807, 2.05) is 66.7 Å². The highest BCUT2D eigenvalue weighted by atomic mass is 127. The number of carbonyl (C=O) groups excluding carboxylic acids is 1. The van der Waals surface area contributed by atoms with Crippen LogP contribution in [0.4, 0.5) is 5.69 Å². The number of hydrazine groups is 1. The van der Waals surface area contributed by atoms with Crippen LogP contribution in [0.2, 0.25) is 0 Å². The average Bonchev–Trinajstić information content (AvgIpc) is 2.62. The van der Waals surface area contributed by atoms with E-state index in [9.17, 15) is 4.79 Å². The lowest BCUT2D eigenvalue weighted by Crippen LogP contribution is -2.37. The van der Waals surface area contributed by atoms with Gasteiger partial charge < -0.3 is 0 Å². The number of hydrogen-bond acceptors (Lipinski definition) is 2. The third-order valence-electron chi connectivity index (χ3n) is 3.56. The number of hydrogen-bond donors (Lipinski definition) is 1. The quantitative estimate of drug-likeness (QED) is 0.297. The van der Waals surface area contributed by atoms with Gasteiger partial charge in [0.1, 0.15) is 0 Å². The van der Waals surface area contributed by atoms with Gasteiger partial charge in [-0.05, 0) is 70.1 Å². The highest BCUT2D eigenvalue weighted by Gasteiger charge is 2.14. The van der Waals surface area contributed by atoms with Crippen LogP contribution in [0, 0.1) is 3.57 Å². The van der Waals surface area contributed by atoms with E-state index in [-0.39, 0.29) is 5.91 Å². The predicted octanol–water partition coefficient (Wildman–Crippen LogP) is 4.48. The van der Waals surface area contributed by atoms with Crippen LogP contribution in [-0.4, -0.2) is 5.91 Å². The van der Waals surface area contributed by atoms with Crippen molar-refractivity contribution in [2.45, 2.75) is 0 Å². The molecule has 1 amide bonds. The Hall–Kier alpha value is -2.18. The number of benzene rings is 3. The Bertz CT molecular complexity index is 799. The summed E-state index contributed by atoms with van der Waals surface area (Å²) in [5, 5.41) is 1.17. The fourth-order valence-electron chi connectivity index (χ4n) is 2.29. The predicted molar refractivity (Wildman–Crippen MR) is 102 cm³/mol. The average molecular weight is 414 g/mol. The maximum Gasteiger partial charge on any atom is 0.272 e. The van der Waals surface area contributed by atoms with E-state index < -0.39 is 0 Å². The van der Waals surface area contributed by atoms with Crippen LogP contribution >= 0.6 is 22.6 Å². The summed E-state index contributed by atoms with van der Waals surface area (Å²) in [6, 6.07) is 25.0. The fraction of sp³-hybridized carbons (Fsp3) is 0. The molecular weight excluding hydrogens is 399 g/mol. The first-order valence-electron chi connectivity index (χ1n) is 7.15.